The lowest BCUT2D eigenvalue weighted by molar-refractivity contribution is 0.311. The molecule has 10 nitrogen and oxygen atoms in total. The number of aliphatic hydroxyl groups excluding tert-OH is 1. The van der Waals surface area contributed by atoms with Crippen LogP contribution >= 0.6 is 0 Å². The number of rotatable bonds is 12. The summed E-state index contributed by atoms with van der Waals surface area (Å²) in [5.41, 5.74) is 15.0. The number of nitrogen functional groups attached to an aromatic ring is 2. The number of nitrogens with two attached hydrogens (primary N) is 2. The van der Waals surface area contributed by atoms with Crippen molar-refractivity contribution in [2.45, 2.75) is 38.9 Å². The molecule has 0 bridgehead atoms. The van der Waals surface area contributed by atoms with Crippen LogP contribution in [0.4, 0.5) is 17.5 Å². The van der Waals surface area contributed by atoms with Gasteiger partial charge in [0.1, 0.15) is 11.6 Å². The Bertz CT molecular complexity index is 1280. The van der Waals surface area contributed by atoms with Gasteiger partial charge in [-0.1, -0.05) is 19.1 Å². The average molecular weight is 516 g/mol. The van der Waals surface area contributed by atoms with Crippen LogP contribution in [0.25, 0.3) is 11.1 Å². The Kier molecular flexibility index (Phi) is 8.94. The predicted octanol–water partition coefficient (Wildman–Crippen LogP) is 3.21. The first kappa shape index (κ1) is 27.0. The first-order chi connectivity index (χ1) is 17.2. The van der Waals surface area contributed by atoms with Gasteiger partial charge in [0.05, 0.1) is 24.0 Å². The van der Waals surface area contributed by atoms with Crippen molar-refractivity contribution in [2.24, 2.45) is 0 Å². The molecule has 0 aliphatic heterocycles. The molecule has 0 saturated heterocycles. The normalized spacial score (nSPS) is 12.2. The Balaban J connectivity index is 2.14. The van der Waals surface area contributed by atoms with E-state index in [2.05, 4.69) is 15.3 Å². The molecule has 2 aromatic carbocycles. The van der Waals surface area contributed by atoms with E-state index in [4.69, 9.17) is 25.5 Å². The maximum Gasteiger partial charge on any atom is 0.311 e. The van der Waals surface area contributed by atoms with E-state index in [1.807, 2.05) is 37.3 Å². The summed E-state index contributed by atoms with van der Waals surface area (Å²) in [6.07, 6.45) is 2.26. The number of hydrogen-bond donors (Lipinski definition) is 4. The van der Waals surface area contributed by atoms with Crippen LogP contribution in [0.15, 0.2) is 42.6 Å². The summed E-state index contributed by atoms with van der Waals surface area (Å²) in [4.78, 5) is 8.02. The van der Waals surface area contributed by atoms with Crippen molar-refractivity contribution >= 4 is 27.6 Å². The van der Waals surface area contributed by atoms with Gasteiger partial charge in [0.15, 0.2) is 5.75 Å². The van der Waals surface area contributed by atoms with E-state index >= 15 is 0 Å². The number of aromatic nitrogens is 2. The summed E-state index contributed by atoms with van der Waals surface area (Å²) in [5.74, 6) is 0.935. The topological polar surface area (TPSA) is 163 Å². The minimum absolute atomic E-state index is 0.00667. The molecule has 1 aromatic heterocycles. The van der Waals surface area contributed by atoms with Gasteiger partial charge in [0.2, 0.25) is 5.95 Å². The molecule has 6 N–H and O–H groups in total. The Morgan fingerprint density at radius 3 is 2.42 bits per heavy atom. The monoisotopic (exact) mass is 515 g/mol. The van der Waals surface area contributed by atoms with E-state index in [1.54, 1.807) is 26.1 Å². The highest BCUT2D eigenvalue weighted by Gasteiger charge is 2.25. The maximum absolute atomic E-state index is 13.0. The standard InChI is InChI=1S/C25H33N5O5S/c1-4-16(3)36(32,33)35-22-14-17(12-19-15-29-25(27)30-24(19)26)13-21(34-5-2)23(22)18-6-8-20(9-7-18)28-10-11-31/h6-9,13-16,28,31H,4-5,10-12H2,1-3H3,(H4,26,27,29,30). The molecule has 0 fully saturated rings. The molecule has 3 rings (SSSR count). The van der Waals surface area contributed by atoms with E-state index in [0.717, 1.165) is 5.69 Å². The Hall–Kier alpha value is -3.57. The Morgan fingerprint density at radius 1 is 1.11 bits per heavy atom. The van der Waals surface area contributed by atoms with Crippen molar-refractivity contribution in [3.05, 3.63) is 53.7 Å². The number of nitrogens with zero attached hydrogens (tertiary/aromatic N) is 2. The van der Waals surface area contributed by atoms with Crippen LogP contribution in [0.5, 0.6) is 11.5 Å². The molecule has 11 heteroatoms. The largest absolute Gasteiger partial charge is 0.493 e. The minimum Gasteiger partial charge on any atom is -0.493 e. The number of anilines is 3. The molecule has 1 unspecified atom stereocenters. The van der Waals surface area contributed by atoms with Gasteiger partial charge in [0.25, 0.3) is 0 Å². The summed E-state index contributed by atoms with van der Waals surface area (Å²) < 4.78 is 37.6. The number of benzene rings is 2. The van der Waals surface area contributed by atoms with Crippen LogP contribution < -0.4 is 25.7 Å². The minimum atomic E-state index is -3.91. The van der Waals surface area contributed by atoms with Gasteiger partial charge in [-0.15, -0.1) is 0 Å². The highest BCUT2D eigenvalue weighted by Crippen LogP contribution is 2.42. The maximum atomic E-state index is 13.0. The van der Waals surface area contributed by atoms with Gasteiger partial charge in [0, 0.05) is 30.4 Å². The van der Waals surface area contributed by atoms with Crippen LogP contribution in [-0.4, -0.2) is 48.5 Å². The third-order valence-electron chi connectivity index (χ3n) is 5.63. The van der Waals surface area contributed by atoms with Crippen LogP contribution in [0.3, 0.4) is 0 Å². The molecule has 194 valence electrons. The number of hydrogen-bond acceptors (Lipinski definition) is 10. The number of ether oxygens (including phenoxy) is 1. The van der Waals surface area contributed by atoms with Gasteiger partial charge in [-0.25, -0.2) is 4.98 Å². The van der Waals surface area contributed by atoms with Gasteiger partial charge >= 0.3 is 10.1 Å². The molecule has 0 amide bonds. The zero-order valence-electron chi connectivity index (χ0n) is 20.7. The van der Waals surface area contributed by atoms with E-state index in [9.17, 15) is 8.42 Å². The molecule has 0 aliphatic carbocycles. The van der Waals surface area contributed by atoms with Crippen molar-refractivity contribution in [2.75, 3.05) is 36.5 Å². The average Bonchev–Trinajstić information content (AvgIpc) is 2.84. The van der Waals surface area contributed by atoms with Gasteiger partial charge in [-0.3, -0.25) is 0 Å². The third kappa shape index (κ3) is 6.55. The van der Waals surface area contributed by atoms with Crippen LogP contribution in [0, 0.1) is 0 Å². The first-order valence-corrected chi connectivity index (χ1v) is 13.2. The smallest absolute Gasteiger partial charge is 0.311 e. The Labute approximate surface area is 211 Å². The van der Waals surface area contributed by atoms with E-state index in [0.29, 0.717) is 54.0 Å². The molecule has 1 atom stereocenters. The fraction of sp³-hybridized carbons (Fsp3) is 0.360. The second kappa shape index (κ2) is 11.9. The zero-order chi connectivity index (χ0) is 26.3. The SMILES string of the molecule is CCOc1cc(Cc2cnc(N)nc2N)cc(OS(=O)(=O)C(C)CC)c1-c1ccc(NCCO)cc1. The summed E-state index contributed by atoms with van der Waals surface area (Å²) >= 11 is 0. The zero-order valence-corrected chi connectivity index (χ0v) is 21.5. The quantitative estimate of drug-likeness (QED) is 0.263. The first-order valence-electron chi connectivity index (χ1n) is 11.7. The highest BCUT2D eigenvalue weighted by molar-refractivity contribution is 7.87. The molecule has 36 heavy (non-hydrogen) atoms. The lowest BCUT2D eigenvalue weighted by Crippen LogP contribution is -2.22. The summed E-state index contributed by atoms with van der Waals surface area (Å²) in [7, 11) is -3.91. The lowest BCUT2D eigenvalue weighted by atomic mass is 9.98. The molecule has 0 radical (unpaired) electrons. The van der Waals surface area contributed by atoms with Gasteiger partial charge in [-0.2, -0.15) is 13.4 Å². The van der Waals surface area contributed by atoms with E-state index in [1.165, 1.54) is 0 Å². The molecule has 0 saturated carbocycles. The molecule has 3 aromatic rings. The van der Waals surface area contributed by atoms with E-state index in [-0.39, 0.29) is 24.1 Å². The van der Waals surface area contributed by atoms with Crippen molar-refractivity contribution in [3.63, 3.8) is 0 Å². The molecular weight excluding hydrogens is 482 g/mol. The molecule has 1 heterocycles. The van der Waals surface area contributed by atoms with Crippen LogP contribution in [0.2, 0.25) is 0 Å². The number of aliphatic hydroxyl groups is 1. The molecule has 0 aliphatic rings. The number of nitrogens with one attached hydrogen (secondary N) is 1. The van der Waals surface area contributed by atoms with Crippen molar-refractivity contribution in [3.8, 4) is 22.6 Å². The van der Waals surface area contributed by atoms with Crippen molar-refractivity contribution < 1.29 is 22.4 Å². The van der Waals surface area contributed by atoms with Crippen molar-refractivity contribution in [1.29, 1.82) is 0 Å². The third-order valence-corrected chi connectivity index (χ3v) is 7.36. The van der Waals surface area contributed by atoms with Crippen LogP contribution in [0.1, 0.15) is 38.3 Å². The second-order valence-electron chi connectivity index (χ2n) is 8.24. The fourth-order valence-corrected chi connectivity index (χ4v) is 4.48. The van der Waals surface area contributed by atoms with Gasteiger partial charge in [-0.05, 0) is 55.7 Å². The summed E-state index contributed by atoms with van der Waals surface area (Å²) in [5, 5.41) is 11.4. The highest BCUT2D eigenvalue weighted by atomic mass is 32.2. The van der Waals surface area contributed by atoms with E-state index < -0.39 is 15.4 Å². The molecule has 0 spiro atoms. The lowest BCUT2D eigenvalue weighted by Gasteiger charge is -2.20. The summed E-state index contributed by atoms with van der Waals surface area (Å²) in [6, 6.07) is 10.9. The summed E-state index contributed by atoms with van der Waals surface area (Å²) in [6.45, 7) is 6.02. The fourth-order valence-electron chi connectivity index (χ4n) is 3.52. The molecular formula is C25H33N5O5S. The Morgan fingerprint density at radius 2 is 1.81 bits per heavy atom. The van der Waals surface area contributed by atoms with Crippen LogP contribution in [-0.2, 0) is 16.5 Å². The second-order valence-corrected chi connectivity index (χ2v) is 10.2. The van der Waals surface area contributed by atoms with Crippen molar-refractivity contribution in [1.82, 2.24) is 9.97 Å². The predicted molar refractivity (Wildman–Crippen MR) is 142 cm³/mol. The van der Waals surface area contributed by atoms with Gasteiger partial charge < -0.3 is 30.8 Å².